The van der Waals surface area contributed by atoms with Gasteiger partial charge < -0.3 is 44.4 Å². The molecule has 2 aliphatic rings. The Morgan fingerprint density at radius 3 is 2.27 bits per heavy atom. The molecule has 3 heterocycles. The second-order valence-corrected chi connectivity index (χ2v) is 15.2. The normalized spacial score (nSPS) is 31.3. The van der Waals surface area contributed by atoms with Crippen LogP contribution in [0.2, 0.25) is 0 Å². The predicted octanol–water partition coefficient (Wildman–Crippen LogP) is 5.87. The number of aliphatic hydroxyl groups excluding tert-OH is 3. The van der Waals surface area contributed by atoms with E-state index in [1.54, 1.807) is 39.8 Å². The first-order valence-electron chi connectivity index (χ1n) is 18.4. The third-order valence-corrected chi connectivity index (χ3v) is 11.4. The van der Waals surface area contributed by atoms with Gasteiger partial charge in [0.05, 0.1) is 41.6 Å². The molecule has 56 heavy (non-hydrogen) atoms. The minimum Gasteiger partial charge on any atom is -0.505 e. The number of phenols is 1. The molecule has 0 saturated carbocycles. The van der Waals surface area contributed by atoms with Crippen LogP contribution >= 0.6 is 0 Å². The van der Waals surface area contributed by atoms with Crippen molar-refractivity contribution in [2.75, 3.05) is 12.4 Å². The number of aryl methyl sites for hydroxylation is 1. The number of aliphatic hydroxyl groups is 3. The smallest absolute Gasteiger partial charge is 0.312 e. The van der Waals surface area contributed by atoms with Crippen molar-refractivity contribution >= 4 is 50.3 Å². The van der Waals surface area contributed by atoms with E-state index in [0.717, 1.165) is 6.07 Å². The fraction of sp³-hybridized carbons (Fsp3) is 0.429. The van der Waals surface area contributed by atoms with Crippen LogP contribution in [-0.4, -0.2) is 74.4 Å². The number of carbonyl (C=O) groups excluding carboxylic acids is 2. The van der Waals surface area contributed by atoms with Crippen LogP contribution in [-0.2, 0) is 14.3 Å². The summed E-state index contributed by atoms with van der Waals surface area (Å²) in [5, 5.41) is 47.8. The number of hydrogen-bond donors (Lipinski definition) is 5. The van der Waals surface area contributed by atoms with Crippen molar-refractivity contribution in [2.45, 2.75) is 85.6 Å². The summed E-state index contributed by atoms with van der Waals surface area (Å²) < 4.78 is 38.7. The number of allylic oxidation sites excluding steroid dienone is 2. The lowest BCUT2D eigenvalue weighted by atomic mass is 9.78. The van der Waals surface area contributed by atoms with E-state index in [0.29, 0.717) is 0 Å². The lowest BCUT2D eigenvalue weighted by Crippen LogP contribution is -2.44. The number of nitrogens with one attached hydrogen (secondary N) is 1. The van der Waals surface area contributed by atoms with Gasteiger partial charge in [-0.05, 0) is 38.5 Å². The SMILES string of the molecule is CO[C@H]1/C=C/O[C@@]2(C)Oc3c(C)c(=O)c4c(O)c(c5oc6cc(C)c(F)cc6nc5c4c3C2=O)NC(=O)/C(C)=C\C=C\[C@H](C)[C@H](O)[C@@H](C)[C@@H](O)[C@@H](C)[C@H](O)[C@@H]1C. The average molecular weight is 775 g/mol. The molecule has 0 unspecified atom stereocenters. The summed E-state index contributed by atoms with van der Waals surface area (Å²) in [6.07, 6.45) is 3.32. The predicted molar refractivity (Wildman–Crippen MR) is 207 cm³/mol. The van der Waals surface area contributed by atoms with Crippen molar-refractivity contribution < 1.29 is 53.0 Å². The second kappa shape index (κ2) is 15.1. The second-order valence-electron chi connectivity index (χ2n) is 15.2. The lowest BCUT2D eigenvalue weighted by molar-refractivity contribution is -0.112. The molecule has 14 heteroatoms. The lowest BCUT2D eigenvalue weighted by Gasteiger charge is -2.36. The number of rotatable bonds is 1. The van der Waals surface area contributed by atoms with Crippen molar-refractivity contribution in [3.8, 4) is 11.5 Å². The number of fused-ring (bicyclic) bond motifs is 2. The van der Waals surface area contributed by atoms with Crippen LogP contribution in [0.25, 0.3) is 33.0 Å². The number of Topliss-reactive ketones (excluding diaryl/α,β-unsaturated/α-hetero) is 1. The van der Waals surface area contributed by atoms with Crippen LogP contribution in [0.4, 0.5) is 10.1 Å². The summed E-state index contributed by atoms with van der Waals surface area (Å²) in [5.74, 6) is -7.41. The molecule has 1 amide bonds. The monoisotopic (exact) mass is 774 g/mol. The topological polar surface area (TPSA) is 198 Å². The standard InChI is InChI=1S/C42H47FN2O11/c1-17-11-10-12-18(2)41(52)45-32-37(50)29-28(31-39(32)55-27-15-19(3)24(43)16-25(27)44-31)30-38(23(7)36(29)49)56-42(8,40(30)51)54-14-13-26(53-9)20(4)34(47)22(6)35(48)21(5)33(17)46/h10-17,20-22,26,33-35,46-48,50H,1-9H3,(H,45,52)/b11-10+,14-13+,18-12-/t17-,20+,21+,22-,26-,33-,34+,35+,42-/m0/s1. The quantitative estimate of drug-likeness (QED) is 0.0877. The highest BCUT2D eigenvalue weighted by Crippen LogP contribution is 2.48. The van der Waals surface area contributed by atoms with Gasteiger partial charge in [0.15, 0.2) is 22.3 Å². The molecule has 0 radical (unpaired) electrons. The number of aromatic hydroxyl groups is 1. The summed E-state index contributed by atoms with van der Waals surface area (Å²) in [7, 11) is 1.42. The van der Waals surface area contributed by atoms with E-state index >= 15 is 0 Å². The minimum atomic E-state index is -2.05. The van der Waals surface area contributed by atoms with E-state index in [4.69, 9.17) is 18.6 Å². The number of methoxy groups -OCH3 is 1. The highest BCUT2D eigenvalue weighted by Gasteiger charge is 2.49. The van der Waals surface area contributed by atoms with E-state index in [1.807, 2.05) is 0 Å². The van der Waals surface area contributed by atoms with E-state index < -0.39 is 82.6 Å². The summed E-state index contributed by atoms with van der Waals surface area (Å²) in [4.78, 5) is 46.9. The molecule has 13 nitrogen and oxygen atoms in total. The van der Waals surface area contributed by atoms with Crippen LogP contribution in [0, 0.1) is 43.3 Å². The fourth-order valence-corrected chi connectivity index (χ4v) is 7.54. The molecule has 4 bridgehead atoms. The van der Waals surface area contributed by atoms with Crippen molar-refractivity contribution in [2.24, 2.45) is 23.7 Å². The number of amides is 1. The molecule has 298 valence electrons. The largest absolute Gasteiger partial charge is 0.505 e. The molecular formula is C42H47FN2O11. The Labute approximate surface area is 322 Å². The minimum absolute atomic E-state index is 0.0312. The number of ketones is 1. The Bertz CT molecular complexity index is 2420. The summed E-state index contributed by atoms with van der Waals surface area (Å²) in [6, 6.07) is 2.53. The van der Waals surface area contributed by atoms with Crippen LogP contribution in [0.1, 0.15) is 63.0 Å². The van der Waals surface area contributed by atoms with Gasteiger partial charge >= 0.3 is 5.79 Å². The van der Waals surface area contributed by atoms with Gasteiger partial charge in [-0.3, -0.25) is 14.4 Å². The molecule has 0 fully saturated rings. The summed E-state index contributed by atoms with van der Waals surface area (Å²) >= 11 is 0. The highest BCUT2D eigenvalue weighted by molar-refractivity contribution is 6.26. The molecule has 0 aliphatic carbocycles. The third kappa shape index (κ3) is 6.74. The van der Waals surface area contributed by atoms with E-state index in [-0.39, 0.29) is 66.7 Å². The molecule has 6 rings (SSSR count). The Hall–Kier alpha value is -5.15. The van der Waals surface area contributed by atoms with Gasteiger partial charge in [0.1, 0.15) is 28.3 Å². The highest BCUT2D eigenvalue weighted by atomic mass is 19.1. The van der Waals surface area contributed by atoms with Gasteiger partial charge in [0, 0.05) is 60.3 Å². The molecule has 1 aromatic heterocycles. The van der Waals surface area contributed by atoms with Gasteiger partial charge in [-0.15, -0.1) is 0 Å². The maximum absolute atomic E-state index is 14.9. The number of phenolic OH excluding ortho intramolecular Hbond substituents is 1. The maximum Gasteiger partial charge on any atom is 0.312 e. The molecular weight excluding hydrogens is 727 g/mol. The first-order chi connectivity index (χ1) is 26.3. The zero-order valence-electron chi connectivity index (χ0n) is 32.6. The summed E-state index contributed by atoms with van der Waals surface area (Å²) in [5.41, 5.74) is -1.08. The van der Waals surface area contributed by atoms with E-state index in [9.17, 15) is 39.2 Å². The first kappa shape index (κ1) is 40.5. The van der Waals surface area contributed by atoms with Gasteiger partial charge in [-0.25, -0.2) is 9.37 Å². The van der Waals surface area contributed by atoms with Gasteiger partial charge in [0.2, 0.25) is 0 Å². The number of benzene rings is 3. The number of aromatic nitrogens is 1. The average Bonchev–Trinajstić information content (AvgIpc) is 3.43. The Balaban J connectivity index is 1.61. The number of anilines is 1. The molecule has 3 aromatic carbocycles. The van der Waals surface area contributed by atoms with Gasteiger partial charge in [0.25, 0.3) is 11.7 Å². The van der Waals surface area contributed by atoms with Crippen LogP contribution in [0.3, 0.4) is 0 Å². The van der Waals surface area contributed by atoms with Gasteiger partial charge in [-0.1, -0.05) is 45.9 Å². The fourth-order valence-electron chi connectivity index (χ4n) is 7.54. The third-order valence-electron chi connectivity index (χ3n) is 11.4. The van der Waals surface area contributed by atoms with Gasteiger partial charge in [-0.2, -0.15) is 0 Å². The van der Waals surface area contributed by atoms with Crippen molar-refractivity contribution in [1.82, 2.24) is 4.98 Å². The molecule has 9 atom stereocenters. The summed E-state index contributed by atoms with van der Waals surface area (Å²) in [6.45, 7) is 12.6. The zero-order valence-corrected chi connectivity index (χ0v) is 32.6. The number of halogens is 1. The number of hydrogen-bond acceptors (Lipinski definition) is 12. The van der Waals surface area contributed by atoms with Crippen molar-refractivity contribution in [3.05, 3.63) is 81.0 Å². The Kier molecular flexibility index (Phi) is 10.9. The van der Waals surface area contributed by atoms with Crippen molar-refractivity contribution in [1.29, 1.82) is 0 Å². The van der Waals surface area contributed by atoms with Crippen molar-refractivity contribution in [3.63, 3.8) is 0 Å². The Morgan fingerprint density at radius 2 is 1.59 bits per heavy atom. The van der Waals surface area contributed by atoms with Crippen LogP contribution < -0.4 is 15.5 Å². The molecule has 5 N–H and O–H groups in total. The number of nitrogens with zero attached hydrogens (tertiary/aromatic N) is 1. The van der Waals surface area contributed by atoms with E-state index in [2.05, 4.69) is 10.3 Å². The zero-order chi connectivity index (χ0) is 41.1. The first-order valence-corrected chi connectivity index (χ1v) is 18.4. The van der Waals surface area contributed by atoms with Crippen LogP contribution in [0.15, 0.2) is 57.5 Å². The molecule has 2 aliphatic heterocycles. The number of ether oxygens (including phenoxy) is 3. The maximum atomic E-state index is 14.9. The van der Waals surface area contributed by atoms with Crippen LogP contribution in [0.5, 0.6) is 11.5 Å². The molecule has 0 spiro atoms. The molecule has 4 aromatic rings. The number of carbonyl (C=O) groups is 2. The Morgan fingerprint density at radius 1 is 0.929 bits per heavy atom. The van der Waals surface area contributed by atoms with E-state index in [1.165, 1.54) is 59.3 Å². The molecule has 0 saturated heterocycles.